The second kappa shape index (κ2) is 10.7. The van der Waals surface area contributed by atoms with Crippen LogP contribution in [0.5, 0.6) is 0 Å². The molecule has 10 heteroatoms. The summed E-state index contributed by atoms with van der Waals surface area (Å²) in [5.41, 5.74) is 1.18. The van der Waals surface area contributed by atoms with Crippen LogP contribution in [0.1, 0.15) is 12.5 Å². The van der Waals surface area contributed by atoms with Crippen LogP contribution in [0.25, 0.3) is 6.08 Å². The molecule has 3 aliphatic heterocycles. The summed E-state index contributed by atoms with van der Waals surface area (Å²) in [5, 5.41) is 5.94. The molecule has 0 spiro atoms. The van der Waals surface area contributed by atoms with E-state index in [-0.39, 0.29) is 18.4 Å². The van der Waals surface area contributed by atoms with Crippen molar-refractivity contribution in [3.05, 3.63) is 72.1 Å². The van der Waals surface area contributed by atoms with Crippen molar-refractivity contribution in [3.8, 4) is 0 Å². The molecule has 2 N–H and O–H groups in total. The minimum Gasteiger partial charge on any atom is -0.338 e. The first kappa shape index (κ1) is 25.6. The molecule has 0 aromatic heterocycles. The van der Waals surface area contributed by atoms with Crippen molar-refractivity contribution in [2.75, 3.05) is 38.0 Å². The van der Waals surface area contributed by atoms with Gasteiger partial charge in [0.05, 0.1) is 17.9 Å². The van der Waals surface area contributed by atoms with Crippen molar-refractivity contribution in [2.45, 2.75) is 19.0 Å². The van der Waals surface area contributed by atoms with E-state index in [0.29, 0.717) is 31.9 Å². The van der Waals surface area contributed by atoms with Crippen LogP contribution >= 0.6 is 0 Å². The fourth-order valence-corrected chi connectivity index (χ4v) is 5.62. The van der Waals surface area contributed by atoms with Crippen LogP contribution in [-0.4, -0.2) is 83.3 Å². The van der Waals surface area contributed by atoms with Gasteiger partial charge in [0.1, 0.15) is 11.9 Å². The highest BCUT2D eigenvalue weighted by Gasteiger charge is 2.64. The van der Waals surface area contributed by atoms with Gasteiger partial charge in [-0.25, -0.2) is 9.18 Å². The molecule has 0 radical (unpaired) electrons. The molecule has 2 aromatic rings. The lowest BCUT2D eigenvalue weighted by atomic mass is 9.88. The molecule has 5 amide bonds. The van der Waals surface area contributed by atoms with Crippen molar-refractivity contribution in [2.24, 2.45) is 11.8 Å². The van der Waals surface area contributed by atoms with E-state index in [2.05, 4.69) is 10.6 Å². The first-order valence-corrected chi connectivity index (χ1v) is 12.8. The van der Waals surface area contributed by atoms with Gasteiger partial charge in [-0.3, -0.25) is 19.3 Å². The minimum absolute atomic E-state index is 0.191. The van der Waals surface area contributed by atoms with Gasteiger partial charge < -0.3 is 20.4 Å². The average Bonchev–Trinajstić information content (AvgIpc) is 3.41. The first-order valence-electron chi connectivity index (χ1n) is 12.8. The number of carbonyl (C=O) groups excluding carboxylic acids is 4. The molecule has 3 fully saturated rings. The number of rotatable bonds is 5. The molecule has 0 aliphatic carbocycles. The molecule has 3 aliphatic rings. The SMILES string of the molecule is CCN1C(=O)C2C(C1=O)C(C(=O)N1CCNCC1)N(C(=O)Nc1ccc(F)cc1)C2C=Cc1ccccc1. The van der Waals surface area contributed by atoms with Gasteiger partial charge in [-0.05, 0) is 36.8 Å². The van der Waals surface area contributed by atoms with E-state index in [1.807, 2.05) is 30.3 Å². The summed E-state index contributed by atoms with van der Waals surface area (Å²) < 4.78 is 13.5. The lowest BCUT2D eigenvalue weighted by molar-refractivity contribution is -0.145. The van der Waals surface area contributed by atoms with Gasteiger partial charge in [0.25, 0.3) is 0 Å². The summed E-state index contributed by atoms with van der Waals surface area (Å²) in [7, 11) is 0. The van der Waals surface area contributed by atoms with Gasteiger partial charge in [-0.1, -0.05) is 42.5 Å². The van der Waals surface area contributed by atoms with Crippen molar-refractivity contribution in [3.63, 3.8) is 0 Å². The van der Waals surface area contributed by atoms with Crippen LogP contribution in [0.4, 0.5) is 14.9 Å². The number of halogens is 1. The number of hydrogen-bond donors (Lipinski definition) is 2. The Kier molecular flexibility index (Phi) is 7.24. The van der Waals surface area contributed by atoms with Crippen LogP contribution in [0.3, 0.4) is 0 Å². The maximum Gasteiger partial charge on any atom is 0.323 e. The molecule has 38 heavy (non-hydrogen) atoms. The molecule has 9 nitrogen and oxygen atoms in total. The number of nitrogens with zero attached hydrogens (tertiary/aromatic N) is 3. The molecule has 5 rings (SSSR count). The Morgan fingerprint density at radius 2 is 1.66 bits per heavy atom. The van der Waals surface area contributed by atoms with Crippen molar-refractivity contribution in [1.82, 2.24) is 20.0 Å². The molecule has 4 atom stereocenters. The fourth-order valence-electron chi connectivity index (χ4n) is 5.62. The highest BCUT2D eigenvalue weighted by molar-refractivity contribution is 6.10. The maximum atomic E-state index is 13.9. The van der Waals surface area contributed by atoms with E-state index >= 15 is 0 Å². The molecule has 0 bridgehead atoms. The number of imide groups is 1. The second-order valence-corrected chi connectivity index (χ2v) is 9.60. The number of piperazine rings is 1. The van der Waals surface area contributed by atoms with Gasteiger partial charge >= 0.3 is 6.03 Å². The van der Waals surface area contributed by atoms with Crippen molar-refractivity contribution >= 4 is 35.5 Å². The van der Waals surface area contributed by atoms with E-state index in [9.17, 15) is 23.6 Å². The summed E-state index contributed by atoms with van der Waals surface area (Å²) in [6.07, 6.45) is 3.52. The molecular weight excluding hydrogens is 489 g/mol. The van der Waals surface area contributed by atoms with Crippen molar-refractivity contribution in [1.29, 1.82) is 0 Å². The second-order valence-electron chi connectivity index (χ2n) is 9.60. The smallest absolute Gasteiger partial charge is 0.323 e. The Bertz CT molecular complexity index is 1250. The van der Waals surface area contributed by atoms with Gasteiger partial charge in [0, 0.05) is 38.4 Å². The summed E-state index contributed by atoms with van der Waals surface area (Å²) in [6.45, 7) is 3.97. The van der Waals surface area contributed by atoms with Crippen LogP contribution in [0.15, 0.2) is 60.7 Å². The average molecular weight is 520 g/mol. The standard InChI is InChI=1S/C28H30FN5O4/c1-2-33-25(35)22-21(13-8-18-6-4-3-5-7-18)34(28(38)31-20-11-9-19(29)10-12-20)24(23(22)26(33)36)27(37)32-16-14-30-15-17-32/h3-13,21-24,30H,2,14-17H2,1H3,(H,31,38). The van der Waals surface area contributed by atoms with Gasteiger partial charge in [0.15, 0.2) is 0 Å². The quantitative estimate of drug-likeness (QED) is 0.590. The third-order valence-corrected chi connectivity index (χ3v) is 7.43. The number of anilines is 1. The molecule has 2 aromatic carbocycles. The maximum absolute atomic E-state index is 13.9. The predicted molar refractivity (Wildman–Crippen MR) is 139 cm³/mol. The molecule has 3 saturated heterocycles. The fraction of sp³-hybridized carbons (Fsp3) is 0.357. The third-order valence-electron chi connectivity index (χ3n) is 7.43. The van der Waals surface area contributed by atoms with Gasteiger partial charge in [0.2, 0.25) is 17.7 Å². The molecule has 0 saturated carbocycles. The monoisotopic (exact) mass is 519 g/mol. The summed E-state index contributed by atoms with van der Waals surface area (Å²) >= 11 is 0. The third kappa shape index (κ3) is 4.67. The minimum atomic E-state index is -1.16. The van der Waals surface area contributed by atoms with Crippen LogP contribution in [0, 0.1) is 17.7 Å². The number of amides is 5. The van der Waals surface area contributed by atoms with Gasteiger partial charge in [-0.2, -0.15) is 0 Å². The lowest BCUT2D eigenvalue weighted by Gasteiger charge is -2.36. The Hall–Kier alpha value is -4.05. The van der Waals surface area contributed by atoms with E-state index in [0.717, 1.165) is 5.56 Å². The van der Waals surface area contributed by atoms with E-state index in [1.54, 1.807) is 24.0 Å². The molecule has 3 heterocycles. The number of nitrogens with one attached hydrogen (secondary N) is 2. The van der Waals surface area contributed by atoms with Crippen LogP contribution < -0.4 is 10.6 Å². The van der Waals surface area contributed by atoms with E-state index in [1.165, 1.54) is 34.1 Å². The number of carbonyl (C=O) groups is 4. The van der Waals surface area contributed by atoms with Crippen LogP contribution in [-0.2, 0) is 14.4 Å². The predicted octanol–water partition coefficient (Wildman–Crippen LogP) is 2.18. The number of likely N-dealkylation sites (tertiary alicyclic amines) is 2. The van der Waals surface area contributed by atoms with Crippen molar-refractivity contribution < 1.29 is 23.6 Å². The number of fused-ring (bicyclic) bond motifs is 1. The highest BCUT2D eigenvalue weighted by atomic mass is 19.1. The summed E-state index contributed by atoms with van der Waals surface area (Å²) in [5.74, 6) is -3.52. The largest absolute Gasteiger partial charge is 0.338 e. The summed E-state index contributed by atoms with van der Waals surface area (Å²) in [6, 6.07) is 12.0. The number of urea groups is 1. The molecule has 4 unspecified atom stereocenters. The van der Waals surface area contributed by atoms with Gasteiger partial charge in [-0.15, -0.1) is 0 Å². The normalized spacial score (nSPS) is 25.3. The van der Waals surface area contributed by atoms with E-state index in [4.69, 9.17) is 0 Å². The van der Waals surface area contributed by atoms with Crippen LogP contribution in [0.2, 0.25) is 0 Å². The molecular formula is C28H30FN5O4. The number of hydrogen-bond acceptors (Lipinski definition) is 5. The van der Waals surface area contributed by atoms with E-state index < -0.39 is 41.7 Å². The first-order chi connectivity index (χ1) is 18.4. The highest BCUT2D eigenvalue weighted by Crippen LogP contribution is 2.44. The zero-order chi connectivity index (χ0) is 26.8. The Morgan fingerprint density at radius 3 is 2.32 bits per heavy atom. The lowest BCUT2D eigenvalue weighted by Crippen LogP contribution is -2.58. The topological polar surface area (TPSA) is 102 Å². The zero-order valence-electron chi connectivity index (χ0n) is 21.0. The Labute approximate surface area is 220 Å². The molecule has 198 valence electrons. The Morgan fingerprint density at radius 1 is 1.00 bits per heavy atom. The zero-order valence-corrected chi connectivity index (χ0v) is 21.0. The summed E-state index contributed by atoms with van der Waals surface area (Å²) in [4.78, 5) is 58.9. The number of benzene rings is 2. The Balaban J connectivity index is 1.57.